The summed E-state index contributed by atoms with van der Waals surface area (Å²) in [5.74, 6) is 2.34. The van der Waals surface area contributed by atoms with E-state index in [0.29, 0.717) is 35.0 Å². The Morgan fingerprint density at radius 2 is 1.88 bits per heavy atom. The number of halogens is 1. The summed E-state index contributed by atoms with van der Waals surface area (Å²) in [4.78, 5) is 30.9. The topological polar surface area (TPSA) is 71.5 Å². The summed E-state index contributed by atoms with van der Waals surface area (Å²) in [5.41, 5.74) is 3.39. The number of nitrogens with zero attached hydrogens (tertiary/aromatic N) is 5. The van der Waals surface area contributed by atoms with Crippen LogP contribution in [-0.2, 0) is 0 Å². The number of rotatable bonds is 4. The van der Waals surface area contributed by atoms with Crippen LogP contribution in [0.15, 0.2) is 55.0 Å². The highest BCUT2D eigenvalue weighted by atomic mass is 35.5. The first-order valence-electron chi connectivity index (χ1n) is 10.9. The predicted molar refractivity (Wildman–Crippen MR) is 128 cm³/mol. The van der Waals surface area contributed by atoms with E-state index in [-0.39, 0.29) is 18.3 Å². The lowest BCUT2D eigenvalue weighted by Crippen LogP contribution is -2.34. The fraction of sp³-hybridized carbons (Fsp3) is 0.360. The van der Waals surface area contributed by atoms with Crippen LogP contribution in [-0.4, -0.2) is 64.5 Å². The molecule has 2 aliphatic heterocycles. The number of benzene rings is 1. The first kappa shape index (κ1) is 23.1. The minimum atomic E-state index is 0. The van der Waals surface area contributed by atoms with Gasteiger partial charge in [0, 0.05) is 55.7 Å². The third-order valence-corrected chi connectivity index (χ3v) is 6.77. The minimum absolute atomic E-state index is 0. The van der Waals surface area contributed by atoms with E-state index in [1.165, 1.54) is 5.56 Å². The van der Waals surface area contributed by atoms with E-state index < -0.39 is 0 Å². The van der Waals surface area contributed by atoms with Crippen LogP contribution < -0.4 is 4.74 Å². The maximum Gasteiger partial charge on any atom is 0.257 e. The average Bonchev–Trinajstić information content (AvgIpc) is 3.36. The molecule has 2 fully saturated rings. The molecule has 1 aromatic carbocycles. The van der Waals surface area contributed by atoms with Crippen molar-refractivity contribution in [3.8, 4) is 17.1 Å². The molecule has 3 atom stereocenters. The van der Waals surface area contributed by atoms with E-state index in [1.54, 1.807) is 25.7 Å². The van der Waals surface area contributed by atoms with Crippen molar-refractivity contribution < 1.29 is 9.53 Å². The molecular weight excluding hydrogens is 438 g/mol. The van der Waals surface area contributed by atoms with Gasteiger partial charge >= 0.3 is 0 Å². The van der Waals surface area contributed by atoms with Crippen molar-refractivity contribution in [2.24, 2.45) is 11.8 Å². The van der Waals surface area contributed by atoms with E-state index in [1.807, 2.05) is 36.1 Å². The molecule has 172 valence electrons. The second-order valence-corrected chi connectivity index (χ2v) is 8.73. The number of pyridine rings is 1. The molecule has 0 unspecified atom stereocenters. The molecule has 4 heterocycles. The number of methoxy groups -OCH3 is 1. The lowest BCUT2D eigenvalue weighted by Gasteiger charge is -2.27. The summed E-state index contributed by atoms with van der Waals surface area (Å²) in [5, 5.41) is 0. The highest BCUT2D eigenvalue weighted by Crippen LogP contribution is 2.44. The lowest BCUT2D eigenvalue weighted by molar-refractivity contribution is 0.0766. The van der Waals surface area contributed by atoms with E-state index in [0.717, 1.165) is 30.9 Å². The number of amides is 1. The highest BCUT2D eigenvalue weighted by molar-refractivity contribution is 5.95. The van der Waals surface area contributed by atoms with Gasteiger partial charge in [0.2, 0.25) is 0 Å². The molecule has 0 aliphatic carbocycles. The Balaban J connectivity index is 0.00000259. The smallest absolute Gasteiger partial charge is 0.257 e. The van der Waals surface area contributed by atoms with Crippen molar-refractivity contribution >= 4 is 18.3 Å². The van der Waals surface area contributed by atoms with Gasteiger partial charge in [0.25, 0.3) is 5.91 Å². The number of carbonyl (C=O) groups excluding carboxylic acids is 1. The lowest BCUT2D eigenvalue weighted by atomic mass is 9.89. The number of ether oxygens (including phenoxy) is 1. The monoisotopic (exact) mass is 465 g/mol. The number of hydrogen-bond acceptors (Lipinski definition) is 6. The first-order valence-corrected chi connectivity index (χ1v) is 10.9. The van der Waals surface area contributed by atoms with Gasteiger partial charge in [-0.3, -0.25) is 14.7 Å². The highest BCUT2D eigenvalue weighted by Gasteiger charge is 2.47. The van der Waals surface area contributed by atoms with Gasteiger partial charge in [0.05, 0.1) is 18.4 Å². The third-order valence-electron chi connectivity index (χ3n) is 6.77. The van der Waals surface area contributed by atoms with Crippen LogP contribution >= 0.6 is 12.4 Å². The van der Waals surface area contributed by atoms with Gasteiger partial charge in [-0.15, -0.1) is 12.4 Å². The number of hydrogen-bond donors (Lipinski definition) is 0. The SMILES string of the molecule is COc1ccc([C@@H]2[C@@H]3CN(C(=O)c4cnc(-c5cccnc5)nc4C)C[C@@H]3CN2C)cc1.Cl. The molecule has 33 heavy (non-hydrogen) atoms. The molecule has 2 aromatic heterocycles. The molecule has 8 heteroatoms. The summed E-state index contributed by atoms with van der Waals surface area (Å²) >= 11 is 0. The van der Waals surface area contributed by atoms with Crippen LogP contribution in [0.5, 0.6) is 5.75 Å². The molecule has 0 N–H and O–H groups in total. The standard InChI is InChI=1S/C25H27N5O2.ClH/c1-16-21(12-27-24(28-16)18-5-4-10-26-11-18)25(31)30-14-19-13-29(2)23(22(19)15-30)17-6-8-20(32-3)9-7-17;/h4-12,19,22-23H,13-15H2,1-3H3;1H/t19-,22+,23+;/m0./s1. The molecule has 0 radical (unpaired) electrons. The maximum atomic E-state index is 13.4. The average molecular weight is 466 g/mol. The fourth-order valence-electron chi connectivity index (χ4n) is 5.21. The molecule has 0 spiro atoms. The quantitative estimate of drug-likeness (QED) is 0.585. The van der Waals surface area contributed by atoms with Crippen LogP contribution in [0.4, 0.5) is 0 Å². The van der Waals surface area contributed by atoms with Crippen molar-refractivity contribution in [2.45, 2.75) is 13.0 Å². The molecule has 2 saturated heterocycles. The van der Waals surface area contributed by atoms with Gasteiger partial charge in [0.15, 0.2) is 5.82 Å². The van der Waals surface area contributed by atoms with Crippen molar-refractivity contribution in [3.05, 3.63) is 71.8 Å². The first-order chi connectivity index (χ1) is 15.5. The predicted octanol–water partition coefficient (Wildman–Crippen LogP) is 3.65. The van der Waals surface area contributed by atoms with Gasteiger partial charge in [0.1, 0.15) is 5.75 Å². The van der Waals surface area contributed by atoms with E-state index in [9.17, 15) is 4.79 Å². The number of fused-ring (bicyclic) bond motifs is 1. The summed E-state index contributed by atoms with van der Waals surface area (Å²) in [7, 11) is 3.86. The molecule has 5 rings (SSSR count). The van der Waals surface area contributed by atoms with Crippen LogP contribution in [0.1, 0.15) is 27.7 Å². The molecule has 0 bridgehead atoms. The maximum absolute atomic E-state index is 13.4. The van der Waals surface area contributed by atoms with E-state index >= 15 is 0 Å². The molecule has 2 aliphatic rings. The largest absolute Gasteiger partial charge is 0.497 e. The van der Waals surface area contributed by atoms with Gasteiger partial charge < -0.3 is 9.64 Å². The van der Waals surface area contributed by atoms with Crippen LogP contribution in [0.2, 0.25) is 0 Å². The van der Waals surface area contributed by atoms with E-state index in [2.05, 4.69) is 39.0 Å². The van der Waals surface area contributed by atoms with E-state index in [4.69, 9.17) is 4.74 Å². The Bertz CT molecular complexity index is 1130. The molecule has 1 amide bonds. The Morgan fingerprint density at radius 1 is 1.09 bits per heavy atom. The number of likely N-dealkylation sites (tertiary alicyclic amines) is 2. The van der Waals surface area contributed by atoms with Crippen LogP contribution in [0.3, 0.4) is 0 Å². The summed E-state index contributed by atoms with van der Waals surface area (Å²) in [6.45, 7) is 4.37. The van der Waals surface area contributed by atoms with Gasteiger partial charge in [-0.1, -0.05) is 12.1 Å². The molecular formula is C25H28ClN5O2. The number of aromatic nitrogens is 3. The minimum Gasteiger partial charge on any atom is -0.497 e. The van der Waals surface area contributed by atoms with Crippen molar-refractivity contribution in [2.75, 3.05) is 33.8 Å². The second kappa shape index (κ2) is 9.45. The third kappa shape index (κ3) is 4.30. The zero-order valence-corrected chi connectivity index (χ0v) is 19.8. The van der Waals surface area contributed by atoms with Crippen molar-refractivity contribution in [1.29, 1.82) is 0 Å². The molecule has 7 nitrogen and oxygen atoms in total. The Hall–Kier alpha value is -3.03. The Morgan fingerprint density at radius 3 is 2.55 bits per heavy atom. The van der Waals surface area contributed by atoms with Gasteiger partial charge in [-0.05, 0) is 49.7 Å². The normalized spacial score (nSPS) is 22.0. The van der Waals surface area contributed by atoms with Gasteiger partial charge in [-0.25, -0.2) is 9.97 Å². The zero-order valence-electron chi connectivity index (χ0n) is 19.0. The fourth-order valence-corrected chi connectivity index (χ4v) is 5.21. The zero-order chi connectivity index (χ0) is 22.2. The van der Waals surface area contributed by atoms with Gasteiger partial charge in [-0.2, -0.15) is 0 Å². The molecule has 0 saturated carbocycles. The Labute approximate surface area is 200 Å². The second-order valence-electron chi connectivity index (χ2n) is 8.73. The van der Waals surface area contributed by atoms with Crippen molar-refractivity contribution in [3.63, 3.8) is 0 Å². The summed E-state index contributed by atoms with van der Waals surface area (Å²) in [6.07, 6.45) is 5.11. The van der Waals surface area contributed by atoms with Crippen molar-refractivity contribution in [1.82, 2.24) is 24.8 Å². The van der Waals surface area contributed by atoms with Crippen LogP contribution in [0.25, 0.3) is 11.4 Å². The Kier molecular flexibility index (Phi) is 6.63. The molecule has 3 aromatic rings. The summed E-state index contributed by atoms with van der Waals surface area (Å²) < 4.78 is 5.31. The number of aryl methyl sites for hydroxylation is 1. The van der Waals surface area contributed by atoms with Crippen LogP contribution in [0, 0.1) is 18.8 Å². The number of carbonyl (C=O) groups is 1. The summed E-state index contributed by atoms with van der Waals surface area (Å²) in [6, 6.07) is 12.4.